The van der Waals surface area contributed by atoms with Gasteiger partial charge in [-0.3, -0.25) is 4.98 Å². The Hall–Kier alpha value is -1.78. The van der Waals surface area contributed by atoms with Gasteiger partial charge in [-0.15, -0.1) is 11.3 Å². The van der Waals surface area contributed by atoms with E-state index < -0.39 is 26.8 Å². The molecule has 3 rings (SSSR count). The van der Waals surface area contributed by atoms with Crippen LogP contribution in [0.15, 0.2) is 44.9 Å². The Morgan fingerprint density at radius 1 is 1.23 bits per heavy atom. The van der Waals surface area contributed by atoms with Crippen LogP contribution in [0, 0.1) is 0 Å². The lowest BCUT2D eigenvalue weighted by atomic mass is 10.2. The molecule has 0 saturated heterocycles. The van der Waals surface area contributed by atoms with Crippen molar-refractivity contribution in [2.24, 2.45) is 4.36 Å². The number of hydrogen-bond donors (Lipinski definition) is 0. The summed E-state index contributed by atoms with van der Waals surface area (Å²) < 4.78 is 55.1. The van der Waals surface area contributed by atoms with Crippen molar-refractivity contribution in [3.05, 3.63) is 51.8 Å². The molecule has 0 spiro atoms. The first-order valence-electron chi connectivity index (χ1n) is 7.39. The highest BCUT2D eigenvalue weighted by Crippen LogP contribution is 2.33. The molecule has 0 bridgehead atoms. The van der Waals surface area contributed by atoms with Crippen molar-refractivity contribution < 1.29 is 17.4 Å². The lowest BCUT2D eigenvalue weighted by Gasteiger charge is -2.14. The van der Waals surface area contributed by atoms with Crippen LogP contribution in [0.5, 0.6) is 0 Å². The minimum Gasteiger partial charge on any atom is -0.251 e. The van der Waals surface area contributed by atoms with E-state index in [0.717, 1.165) is 23.5 Å². The van der Waals surface area contributed by atoms with Crippen LogP contribution in [0.4, 0.5) is 18.3 Å². The van der Waals surface area contributed by atoms with Crippen molar-refractivity contribution in [2.45, 2.75) is 18.3 Å². The molecule has 3 heterocycles. The standard InChI is InChI=1S/C16H14F3N3OS3/c1-10(11-3-4-14(20-7-11)16(17,18)19)26(2,23)22-15-21-13(9-25-15)12-5-6-24-8-12/h3-10H,1-2H3. The van der Waals surface area contributed by atoms with E-state index in [0.29, 0.717) is 10.7 Å². The molecular formula is C16H14F3N3OS3. The van der Waals surface area contributed by atoms with Gasteiger partial charge in [0.2, 0.25) is 5.13 Å². The lowest BCUT2D eigenvalue weighted by molar-refractivity contribution is -0.141. The van der Waals surface area contributed by atoms with E-state index in [1.165, 1.54) is 23.7 Å². The predicted molar refractivity (Wildman–Crippen MR) is 99.2 cm³/mol. The molecule has 138 valence electrons. The molecule has 0 aliphatic carbocycles. The van der Waals surface area contributed by atoms with Crippen LogP contribution >= 0.6 is 22.7 Å². The first kappa shape index (κ1) is 19.0. The Balaban J connectivity index is 1.87. The number of thiazole rings is 1. The van der Waals surface area contributed by atoms with Gasteiger partial charge < -0.3 is 0 Å². The maximum atomic E-state index is 13.0. The van der Waals surface area contributed by atoms with Gasteiger partial charge in [-0.25, -0.2) is 9.19 Å². The Labute approximate surface area is 157 Å². The van der Waals surface area contributed by atoms with Crippen molar-refractivity contribution in [3.63, 3.8) is 0 Å². The third kappa shape index (κ3) is 4.13. The zero-order chi connectivity index (χ0) is 18.9. The second-order valence-electron chi connectivity index (χ2n) is 5.60. The Bertz CT molecular complexity index is 1000. The van der Waals surface area contributed by atoms with Gasteiger partial charge >= 0.3 is 6.18 Å². The van der Waals surface area contributed by atoms with E-state index in [4.69, 9.17) is 0 Å². The van der Waals surface area contributed by atoms with Gasteiger partial charge in [-0.2, -0.15) is 28.9 Å². The SMILES string of the molecule is CC(c1ccc(C(F)(F)F)nc1)S(C)(=O)=Nc1nc(-c2ccsc2)cs1. The molecule has 3 aromatic heterocycles. The molecule has 0 fully saturated rings. The quantitative estimate of drug-likeness (QED) is 0.541. The second-order valence-corrected chi connectivity index (χ2v) is 9.82. The minimum absolute atomic E-state index is 0.380. The van der Waals surface area contributed by atoms with E-state index in [1.807, 2.05) is 22.2 Å². The van der Waals surface area contributed by atoms with Crippen LogP contribution in [-0.2, 0) is 15.9 Å². The fraction of sp³-hybridized carbons (Fsp3) is 0.250. The number of pyridine rings is 1. The molecule has 0 radical (unpaired) electrons. The zero-order valence-electron chi connectivity index (χ0n) is 13.7. The molecule has 0 aliphatic rings. The average Bonchev–Trinajstić information content (AvgIpc) is 3.24. The van der Waals surface area contributed by atoms with E-state index in [2.05, 4.69) is 14.3 Å². The molecule has 2 atom stereocenters. The van der Waals surface area contributed by atoms with Gasteiger partial charge in [0.1, 0.15) is 5.69 Å². The van der Waals surface area contributed by atoms with Gasteiger partial charge in [-0.05, 0) is 30.0 Å². The number of nitrogens with zero attached hydrogens (tertiary/aromatic N) is 3. The van der Waals surface area contributed by atoms with Crippen LogP contribution in [0.25, 0.3) is 11.3 Å². The molecule has 0 N–H and O–H groups in total. The number of alkyl halides is 3. The topological polar surface area (TPSA) is 55.2 Å². The summed E-state index contributed by atoms with van der Waals surface area (Å²) in [6.07, 6.45) is -1.93. The number of thiophene rings is 1. The monoisotopic (exact) mass is 417 g/mol. The van der Waals surface area contributed by atoms with Crippen molar-refractivity contribution >= 4 is 37.5 Å². The Morgan fingerprint density at radius 3 is 2.58 bits per heavy atom. The highest BCUT2D eigenvalue weighted by atomic mass is 32.2. The lowest BCUT2D eigenvalue weighted by Crippen LogP contribution is -2.11. The fourth-order valence-electron chi connectivity index (χ4n) is 2.15. The maximum absolute atomic E-state index is 13.0. The summed E-state index contributed by atoms with van der Waals surface area (Å²) in [6, 6.07) is 4.11. The summed E-state index contributed by atoms with van der Waals surface area (Å²) in [7, 11) is -2.77. The maximum Gasteiger partial charge on any atom is 0.433 e. The van der Waals surface area contributed by atoms with Crippen molar-refractivity contribution in [1.82, 2.24) is 9.97 Å². The molecule has 0 aliphatic heterocycles. The molecule has 0 amide bonds. The van der Waals surface area contributed by atoms with Crippen LogP contribution in [-0.4, -0.2) is 20.4 Å². The van der Waals surface area contributed by atoms with E-state index in [1.54, 1.807) is 18.3 Å². The van der Waals surface area contributed by atoms with Crippen molar-refractivity contribution in [1.29, 1.82) is 0 Å². The summed E-state index contributed by atoms with van der Waals surface area (Å²) in [5.74, 6) is 0. The number of halogens is 3. The second kappa shape index (κ2) is 7.09. The molecular weight excluding hydrogens is 403 g/mol. The predicted octanol–water partition coefficient (Wildman–Crippen LogP) is 5.78. The summed E-state index contributed by atoms with van der Waals surface area (Å²) in [6.45, 7) is 1.66. The molecule has 10 heteroatoms. The molecule has 26 heavy (non-hydrogen) atoms. The molecule has 0 aromatic carbocycles. The number of rotatable bonds is 4. The van der Waals surface area contributed by atoms with Gasteiger partial charge in [0.15, 0.2) is 0 Å². The van der Waals surface area contributed by atoms with Gasteiger partial charge in [0.05, 0.1) is 20.7 Å². The van der Waals surface area contributed by atoms with Crippen LogP contribution in [0.3, 0.4) is 0 Å². The molecule has 3 aromatic rings. The zero-order valence-corrected chi connectivity index (χ0v) is 16.2. The average molecular weight is 418 g/mol. The summed E-state index contributed by atoms with van der Waals surface area (Å²) >= 11 is 2.83. The summed E-state index contributed by atoms with van der Waals surface area (Å²) in [4.78, 5) is 7.80. The van der Waals surface area contributed by atoms with E-state index in [9.17, 15) is 17.4 Å². The number of hydrogen-bond acceptors (Lipinski definition) is 6. The van der Waals surface area contributed by atoms with Crippen LogP contribution < -0.4 is 0 Å². The third-order valence-corrected chi connectivity index (χ3v) is 7.42. The largest absolute Gasteiger partial charge is 0.433 e. The smallest absolute Gasteiger partial charge is 0.251 e. The minimum atomic E-state index is -4.50. The highest BCUT2D eigenvalue weighted by Gasteiger charge is 2.32. The van der Waals surface area contributed by atoms with Gasteiger partial charge in [-0.1, -0.05) is 6.07 Å². The fourth-order valence-corrected chi connectivity index (χ4v) is 5.13. The van der Waals surface area contributed by atoms with E-state index in [-0.39, 0.29) is 0 Å². The van der Waals surface area contributed by atoms with Crippen molar-refractivity contribution in [2.75, 3.05) is 6.26 Å². The third-order valence-electron chi connectivity index (χ3n) is 3.77. The van der Waals surface area contributed by atoms with Crippen molar-refractivity contribution in [3.8, 4) is 11.3 Å². The Kier molecular flexibility index (Phi) is 5.18. The first-order chi connectivity index (χ1) is 12.2. The molecule has 0 saturated carbocycles. The number of aromatic nitrogens is 2. The molecule has 2 unspecified atom stereocenters. The highest BCUT2D eigenvalue weighted by molar-refractivity contribution is 7.93. The van der Waals surface area contributed by atoms with E-state index >= 15 is 0 Å². The van der Waals surface area contributed by atoms with Crippen LogP contribution in [0.2, 0.25) is 0 Å². The normalized spacial score (nSPS) is 15.4. The van der Waals surface area contributed by atoms with Gasteiger partial charge in [0, 0.05) is 28.8 Å². The summed E-state index contributed by atoms with van der Waals surface area (Å²) in [5, 5.41) is 5.52. The van der Waals surface area contributed by atoms with Gasteiger partial charge in [0.25, 0.3) is 0 Å². The van der Waals surface area contributed by atoms with Crippen LogP contribution in [0.1, 0.15) is 23.4 Å². The first-order valence-corrected chi connectivity index (χ1v) is 11.2. The molecule has 4 nitrogen and oxygen atoms in total. The Morgan fingerprint density at radius 2 is 2.00 bits per heavy atom. The summed E-state index contributed by atoms with van der Waals surface area (Å²) in [5.41, 5.74) is 1.18.